The first-order valence-corrected chi connectivity index (χ1v) is 7.33. The van der Waals surface area contributed by atoms with Crippen LogP contribution in [0.2, 0.25) is 0 Å². The molecule has 0 radical (unpaired) electrons. The third-order valence-electron chi connectivity index (χ3n) is 3.59. The second-order valence-electron chi connectivity index (χ2n) is 5.32. The molecule has 1 rings (SSSR count). The van der Waals surface area contributed by atoms with Crippen LogP contribution >= 0.6 is 0 Å². The van der Waals surface area contributed by atoms with Crippen molar-refractivity contribution in [1.82, 2.24) is 0 Å². The summed E-state index contributed by atoms with van der Waals surface area (Å²) >= 11 is 0. The predicted octanol–water partition coefficient (Wildman–Crippen LogP) is 4.76. The fourth-order valence-electron chi connectivity index (χ4n) is 2.40. The van der Waals surface area contributed by atoms with E-state index in [-0.39, 0.29) is 0 Å². The Hall–Kier alpha value is -0.560. The Morgan fingerprint density at radius 1 is 0.941 bits per heavy atom. The van der Waals surface area contributed by atoms with Gasteiger partial charge in [0.2, 0.25) is 0 Å². The Balaban J connectivity index is 1.93. The molecule has 1 unspecified atom stereocenters. The molecule has 1 nitrogen and oxygen atoms in total. The van der Waals surface area contributed by atoms with Crippen LogP contribution in [0.4, 0.5) is 0 Å². The Kier molecular flexibility index (Phi) is 7.27. The maximum Gasteiger partial charge on any atom is 0.0865 e. The van der Waals surface area contributed by atoms with Crippen LogP contribution in [-0.4, -0.2) is 10.7 Å². The highest BCUT2D eigenvalue weighted by Crippen LogP contribution is 2.24. The molecule has 0 aromatic carbocycles. The van der Waals surface area contributed by atoms with Crippen LogP contribution in [0.3, 0.4) is 0 Å². The Bertz CT molecular complexity index is 242. The van der Waals surface area contributed by atoms with Crippen molar-refractivity contribution < 1.29 is 5.11 Å². The van der Waals surface area contributed by atoms with Gasteiger partial charge in [0, 0.05) is 0 Å². The van der Waals surface area contributed by atoms with Crippen molar-refractivity contribution in [2.24, 2.45) is 0 Å². The summed E-state index contributed by atoms with van der Waals surface area (Å²) in [7, 11) is 0. The fourth-order valence-corrected chi connectivity index (χ4v) is 2.40. The number of unbranched alkanes of at least 4 members (excludes halogenated alkanes) is 7. The number of rotatable bonds is 9. The zero-order chi connectivity index (χ0) is 12.4. The molecular formula is C16H28O. The van der Waals surface area contributed by atoms with Crippen LogP contribution in [-0.2, 0) is 0 Å². The average Bonchev–Trinajstić information content (AvgIpc) is 2.33. The molecule has 1 aliphatic rings. The maximum atomic E-state index is 10.2. The quantitative estimate of drug-likeness (QED) is 0.572. The molecule has 1 heteroatoms. The first-order chi connectivity index (χ1) is 8.27. The summed E-state index contributed by atoms with van der Waals surface area (Å²) in [5.41, 5.74) is -0.545. The topological polar surface area (TPSA) is 20.2 Å². The van der Waals surface area contributed by atoms with Crippen molar-refractivity contribution in [3.8, 4) is 0 Å². The minimum Gasteiger partial charge on any atom is -0.385 e. The number of hydrogen-bond donors (Lipinski definition) is 1. The molecule has 0 bridgehead atoms. The lowest BCUT2D eigenvalue weighted by Gasteiger charge is -2.24. The predicted molar refractivity (Wildman–Crippen MR) is 75.1 cm³/mol. The molecule has 0 aliphatic heterocycles. The van der Waals surface area contributed by atoms with Gasteiger partial charge >= 0.3 is 0 Å². The zero-order valence-corrected chi connectivity index (χ0v) is 11.3. The van der Waals surface area contributed by atoms with Gasteiger partial charge in [-0.1, -0.05) is 82.6 Å². The molecule has 1 N–H and O–H groups in total. The molecule has 0 amide bonds. The summed E-state index contributed by atoms with van der Waals surface area (Å²) in [6.07, 6.45) is 20.3. The maximum absolute atomic E-state index is 10.2. The van der Waals surface area contributed by atoms with Crippen LogP contribution in [0.5, 0.6) is 0 Å². The minimum absolute atomic E-state index is 0.545. The molecule has 1 aliphatic carbocycles. The number of allylic oxidation sites excluding steroid dienone is 2. The molecule has 0 saturated heterocycles. The zero-order valence-electron chi connectivity index (χ0n) is 11.3. The van der Waals surface area contributed by atoms with Crippen molar-refractivity contribution >= 4 is 0 Å². The van der Waals surface area contributed by atoms with E-state index >= 15 is 0 Å². The van der Waals surface area contributed by atoms with E-state index in [0.717, 1.165) is 19.3 Å². The molecule has 0 heterocycles. The van der Waals surface area contributed by atoms with Crippen molar-refractivity contribution in [3.05, 3.63) is 24.3 Å². The Morgan fingerprint density at radius 3 is 2.18 bits per heavy atom. The van der Waals surface area contributed by atoms with Gasteiger partial charge in [-0.25, -0.2) is 0 Å². The lowest BCUT2D eigenvalue weighted by molar-refractivity contribution is 0.0803. The SMILES string of the molecule is CCCCCCCCCCC1(O)C=CC=CC1. The third kappa shape index (κ3) is 6.68. The summed E-state index contributed by atoms with van der Waals surface area (Å²) in [5.74, 6) is 0. The van der Waals surface area contributed by atoms with E-state index in [0.29, 0.717) is 0 Å². The van der Waals surface area contributed by atoms with E-state index in [1.807, 2.05) is 18.2 Å². The normalized spacial score (nSPS) is 23.2. The third-order valence-corrected chi connectivity index (χ3v) is 3.59. The monoisotopic (exact) mass is 236 g/mol. The number of hydrogen-bond acceptors (Lipinski definition) is 1. The molecule has 0 spiro atoms. The van der Waals surface area contributed by atoms with Crippen LogP contribution in [0.15, 0.2) is 24.3 Å². The van der Waals surface area contributed by atoms with Crippen molar-refractivity contribution in [1.29, 1.82) is 0 Å². The largest absolute Gasteiger partial charge is 0.385 e. The van der Waals surface area contributed by atoms with Gasteiger partial charge < -0.3 is 5.11 Å². The van der Waals surface area contributed by atoms with Crippen molar-refractivity contribution in [2.75, 3.05) is 0 Å². The van der Waals surface area contributed by atoms with Crippen LogP contribution < -0.4 is 0 Å². The van der Waals surface area contributed by atoms with Crippen LogP contribution in [0.1, 0.15) is 71.1 Å². The van der Waals surface area contributed by atoms with E-state index in [1.165, 1.54) is 44.9 Å². The summed E-state index contributed by atoms with van der Waals surface area (Å²) in [6.45, 7) is 2.26. The van der Waals surface area contributed by atoms with Crippen molar-refractivity contribution in [2.45, 2.75) is 76.7 Å². The second-order valence-corrected chi connectivity index (χ2v) is 5.32. The van der Waals surface area contributed by atoms with Gasteiger partial charge in [0.05, 0.1) is 5.60 Å². The first-order valence-electron chi connectivity index (χ1n) is 7.33. The Labute approximate surface area is 107 Å². The molecule has 0 aromatic rings. The Morgan fingerprint density at radius 2 is 1.59 bits per heavy atom. The minimum atomic E-state index is -0.545. The summed E-state index contributed by atoms with van der Waals surface area (Å²) in [6, 6.07) is 0. The molecule has 98 valence electrons. The van der Waals surface area contributed by atoms with E-state index < -0.39 is 5.60 Å². The molecule has 1 atom stereocenters. The average molecular weight is 236 g/mol. The van der Waals surface area contributed by atoms with Crippen molar-refractivity contribution in [3.63, 3.8) is 0 Å². The van der Waals surface area contributed by atoms with E-state index in [4.69, 9.17) is 0 Å². The van der Waals surface area contributed by atoms with Gasteiger partial charge in [0.15, 0.2) is 0 Å². The first kappa shape index (κ1) is 14.5. The lowest BCUT2D eigenvalue weighted by atomic mass is 9.89. The highest BCUT2D eigenvalue weighted by molar-refractivity contribution is 5.17. The summed E-state index contributed by atoms with van der Waals surface area (Å²) in [4.78, 5) is 0. The van der Waals surface area contributed by atoms with Gasteiger partial charge in [0.25, 0.3) is 0 Å². The fraction of sp³-hybridized carbons (Fsp3) is 0.750. The molecule has 17 heavy (non-hydrogen) atoms. The van der Waals surface area contributed by atoms with Gasteiger partial charge in [-0.2, -0.15) is 0 Å². The van der Waals surface area contributed by atoms with Gasteiger partial charge in [-0.05, 0) is 12.8 Å². The smallest absolute Gasteiger partial charge is 0.0865 e. The number of aliphatic hydroxyl groups is 1. The molecular weight excluding hydrogens is 208 g/mol. The van der Waals surface area contributed by atoms with Crippen LogP contribution in [0, 0.1) is 0 Å². The molecule has 0 fully saturated rings. The van der Waals surface area contributed by atoms with Gasteiger partial charge in [-0.3, -0.25) is 0 Å². The van der Waals surface area contributed by atoms with E-state index in [9.17, 15) is 5.11 Å². The highest BCUT2D eigenvalue weighted by atomic mass is 16.3. The second kappa shape index (κ2) is 8.52. The summed E-state index contributed by atoms with van der Waals surface area (Å²) < 4.78 is 0. The van der Waals surface area contributed by atoms with Crippen LogP contribution in [0.25, 0.3) is 0 Å². The lowest BCUT2D eigenvalue weighted by Crippen LogP contribution is -2.25. The highest BCUT2D eigenvalue weighted by Gasteiger charge is 2.22. The van der Waals surface area contributed by atoms with Gasteiger partial charge in [-0.15, -0.1) is 0 Å². The van der Waals surface area contributed by atoms with E-state index in [2.05, 4.69) is 13.0 Å². The summed E-state index contributed by atoms with van der Waals surface area (Å²) in [5, 5.41) is 10.2. The standard InChI is InChI=1S/C16H28O/c1-2-3-4-5-6-7-8-10-13-16(17)14-11-9-12-15-16/h9,11-12,14,17H,2-8,10,13,15H2,1H3. The molecule has 0 aromatic heterocycles. The molecule has 0 saturated carbocycles. The van der Waals surface area contributed by atoms with Gasteiger partial charge in [0.1, 0.15) is 0 Å². The van der Waals surface area contributed by atoms with E-state index in [1.54, 1.807) is 0 Å².